The lowest BCUT2D eigenvalue weighted by molar-refractivity contribution is 0.429. The van der Waals surface area contributed by atoms with Crippen LogP contribution in [0.15, 0.2) is 0 Å². The molecule has 0 aliphatic heterocycles. The second kappa shape index (κ2) is 4.50. The Morgan fingerprint density at radius 2 is 1.89 bits per heavy atom. The molecule has 0 spiro atoms. The van der Waals surface area contributed by atoms with E-state index in [9.17, 15) is 0 Å². The molecule has 0 radical (unpaired) electrons. The molecule has 96 valence electrons. The van der Waals surface area contributed by atoms with Gasteiger partial charge in [-0.2, -0.15) is 5.10 Å². The minimum absolute atomic E-state index is 0.472. The van der Waals surface area contributed by atoms with Crippen LogP contribution >= 0.6 is 11.6 Å². The Hall–Kier alpha value is -1.16. The maximum Gasteiger partial charge on any atom is 0.158 e. The first kappa shape index (κ1) is 11.9. The largest absolute Gasteiger partial charge is 0.263 e. The molecule has 5 heteroatoms. The molecule has 0 amide bonds. The molecule has 2 aromatic rings. The first-order valence-corrected chi connectivity index (χ1v) is 6.91. The van der Waals surface area contributed by atoms with E-state index < -0.39 is 0 Å². The van der Waals surface area contributed by atoms with Crippen LogP contribution in [0.1, 0.15) is 49.5 Å². The van der Waals surface area contributed by atoms with E-state index in [1.807, 2.05) is 14.0 Å². The zero-order valence-electron chi connectivity index (χ0n) is 10.8. The Labute approximate surface area is 111 Å². The fourth-order valence-electron chi connectivity index (χ4n) is 2.85. The summed E-state index contributed by atoms with van der Waals surface area (Å²) < 4.78 is 1.76. The predicted octanol–water partition coefficient (Wildman–Crippen LogP) is 3.37. The van der Waals surface area contributed by atoms with E-state index in [-0.39, 0.29) is 0 Å². The van der Waals surface area contributed by atoms with Crippen LogP contribution < -0.4 is 0 Å². The second-order valence-electron chi connectivity index (χ2n) is 5.11. The van der Waals surface area contributed by atoms with Gasteiger partial charge in [0.25, 0.3) is 0 Å². The number of nitrogens with zero attached hydrogens (tertiary/aromatic N) is 4. The molecule has 0 saturated heterocycles. The standard InChI is InChI=1S/C13H17ClN4/c1-8-10-11(18(2)17-8)12(14)16-13(15-10)9-6-4-3-5-7-9/h9H,3-7H2,1-2H3. The van der Waals surface area contributed by atoms with Crippen LogP contribution in [-0.4, -0.2) is 19.7 Å². The van der Waals surface area contributed by atoms with Gasteiger partial charge in [0.05, 0.1) is 5.69 Å². The molecule has 0 aromatic carbocycles. The highest BCUT2D eigenvalue weighted by molar-refractivity contribution is 6.33. The van der Waals surface area contributed by atoms with Crippen molar-refractivity contribution >= 4 is 22.6 Å². The monoisotopic (exact) mass is 264 g/mol. The van der Waals surface area contributed by atoms with Crippen molar-refractivity contribution in [3.8, 4) is 0 Å². The van der Waals surface area contributed by atoms with Crippen LogP contribution in [0.25, 0.3) is 11.0 Å². The van der Waals surface area contributed by atoms with Crippen LogP contribution in [0.5, 0.6) is 0 Å². The quantitative estimate of drug-likeness (QED) is 0.742. The number of aromatic nitrogens is 4. The number of rotatable bonds is 1. The van der Waals surface area contributed by atoms with Crippen LogP contribution in [-0.2, 0) is 7.05 Å². The lowest BCUT2D eigenvalue weighted by atomic mass is 9.88. The van der Waals surface area contributed by atoms with Gasteiger partial charge in [-0.05, 0) is 19.8 Å². The van der Waals surface area contributed by atoms with Gasteiger partial charge in [0.15, 0.2) is 5.15 Å². The van der Waals surface area contributed by atoms with Gasteiger partial charge in [0.2, 0.25) is 0 Å². The van der Waals surface area contributed by atoms with Crippen molar-refractivity contribution < 1.29 is 0 Å². The average molecular weight is 265 g/mol. The summed E-state index contributed by atoms with van der Waals surface area (Å²) >= 11 is 6.29. The summed E-state index contributed by atoms with van der Waals surface area (Å²) in [7, 11) is 1.88. The molecular formula is C13H17ClN4. The fourth-order valence-corrected chi connectivity index (χ4v) is 3.15. The summed E-state index contributed by atoms with van der Waals surface area (Å²) in [5.74, 6) is 1.38. The molecule has 0 unspecified atom stereocenters. The third kappa shape index (κ3) is 1.88. The van der Waals surface area contributed by atoms with Gasteiger partial charge in [-0.25, -0.2) is 9.97 Å². The SMILES string of the molecule is Cc1nn(C)c2c(Cl)nc(C3CCCCC3)nc12. The van der Waals surface area contributed by atoms with Crippen LogP contribution in [0.2, 0.25) is 5.15 Å². The van der Waals surface area contributed by atoms with Gasteiger partial charge in [-0.3, -0.25) is 4.68 Å². The fraction of sp³-hybridized carbons (Fsp3) is 0.615. The van der Waals surface area contributed by atoms with Gasteiger partial charge in [0, 0.05) is 13.0 Å². The normalized spacial score (nSPS) is 17.5. The van der Waals surface area contributed by atoms with Gasteiger partial charge >= 0.3 is 0 Å². The summed E-state index contributed by atoms with van der Waals surface area (Å²) in [5.41, 5.74) is 2.67. The molecule has 4 nitrogen and oxygen atoms in total. The van der Waals surface area contributed by atoms with Crippen LogP contribution in [0.4, 0.5) is 0 Å². The molecule has 1 saturated carbocycles. The third-order valence-electron chi connectivity index (χ3n) is 3.80. The number of aryl methyl sites for hydroxylation is 2. The number of halogens is 1. The lowest BCUT2D eigenvalue weighted by Crippen LogP contribution is -2.09. The zero-order valence-corrected chi connectivity index (χ0v) is 11.5. The summed E-state index contributed by atoms with van der Waals surface area (Å²) in [4.78, 5) is 9.19. The maximum atomic E-state index is 6.29. The molecule has 1 aliphatic rings. The maximum absolute atomic E-state index is 6.29. The molecule has 1 aliphatic carbocycles. The Balaban J connectivity index is 2.11. The second-order valence-corrected chi connectivity index (χ2v) is 5.47. The number of fused-ring (bicyclic) bond motifs is 1. The lowest BCUT2D eigenvalue weighted by Gasteiger charge is -2.20. The van der Waals surface area contributed by atoms with E-state index in [4.69, 9.17) is 16.6 Å². The number of hydrogen-bond acceptors (Lipinski definition) is 3. The Bertz CT molecular complexity index is 584. The number of hydrogen-bond donors (Lipinski definition) is 0. The molecule has 2 aromatic heterocycles. The molecule has 1 fully saturated rings. The predicted molar refractivity (Wildman–Crippen MR) is 71.9 cm³/mol. The van der Waals surface area contributed by atoms with E-state index in [1.165, 1.54) is 32.1 Å². The zero-order chi connectivity index (χ0) is 12.7. The van der Waals surface area contributed by atoms with Gasteiger partial charge in [0.1, 0.15) is 16.9 Å². The van der Waals surface area contributed by atoms with Gasteiger partial charge in [-0.1, -0.05) is 30.9 Å². The summed E-state index contributed by atoms with van der Waals surface area (Å²) in [6, 6.07) is 0. The van der Waals surface area contributed by atoms with E-state index in [1.54, 1.807) is 4.68 Å². The Morgan fingerprint density at radius 3 is 2.61 bits per heavy atom. The topological polar surface area (TPSA) is 43.6 Å². The van der Waals surface area contributed by atoms with Crippen LogP contribution in [0, 0.1) is 6.92 Å². The van der Waals surface area contributed by atoms with Crippen molar-refractivity contribution in [1.29, 1.82) is 0 Å². The van der Waals surface area contributed by atoms with Crippen molar-refractivity contribution in [2.24, 2.45) is 7.05 Å². The molecule has 0 N–H and O–H groups in total. The third-order valence-corrected chi connectivity index (χ3v) is 4.06. The van der Waals surface area contributed by atoms with Crippen LogP contribution in [0.3, 0.4) is 0 Å². The summed E-state index contributed by atoms with van der Waals surface area (Å²) in [5, 5.41) is 4.90. The van der Waals surface area contributed by atoms with E-state index in [0.717, 1.165) is 22.6 Å². The van der Waals surface area contributed by atoms with Crippen molar-refractivity contribution in [3.05, 3.63) is 16.7 Å². The van der Waals surface area contributed by atoms with E-state index in [2.05, 4.69) is 10.1 Å². The average Bonchev–Trinajstić information content (AvgIpc) is 2.66. The smallest absolute Gasteiger partial charge is 0.158 e. The molecule has 0 bridgehead atoms. The van der Waals surface area contributed by atoms with Crippen molar-refractivity contribution in [1.82, 2.24) is 19.7 Å². The summed E-state index contributed by atoms with van der Waals surface area (Å²) in [6.45, 7) is 1.97. The Kier molecular flexibility index (Phi) is 2.98. The molecule has 3 rings (SSSR count). The minimum atomic E-state index is 0.472. The highest BCUT2D eigenvalue weighted by Crippen LogP contribution is 2.33. The van der Waals surface area contributed by atoms with Crippen molar-refractivity contribution in [2.45, 2.75) is 44.9 Å². The first-order chi connectivity index (χ1) is 8.66. The molecule has 18 heavy (non-hydrogen) atoms. The van der Waals surface area contributed by atoms with Gasteiger partial charge in [-0.15, -0.1) is 0 Å². The first-order valence-electron chi connectivity index (χ1n) is 6.53. The van der Waals surface area contributed by atoms with E-state index in [0.29, 0.717) is 11.1 Å². The molecular weight excluding hydrogens is 248 g/mol. The molecule has 0 atom stereocenters. The highest BCUT2D eigenvalue weighted by Gasteiger charge is 2.21. The molecule has 2 heterocycles. The summed E-state index contributed by atoms with van der Waals surface area (Å²) in [6.07, 6.45) is 6.24. The van der Waals surface area contributed by atoms with E-state index >= 15 is 0 Å². The van der Waals surface area contributed by atoms with Crippen molar-refractivity contribution in [3.63, 3.8) is 0 Å². The minimum Gasteiger partial charge on any atom is -0.263 e. The van der Waals surface area contributed by atoms with Crippen molar-refractivity contribution in [2.75, 3.05) is 0 Å². The van der Waals surface area contributed by atoms with Gasteiger partial charge < -0.3 is 0 Å². The highest BCUT2D eigenvalue weighted by atomic mass is 35.5. The Morgan fingerprint density at radius 1 is 1.17 bits per heavy atom.